The van der Waals surface area contributed by atoms with Crippen molar-refractivity contribution in [2.75, 3.05) is 6.54 Å². The standard InChI is InChI=1S/C16H20N2O3/c19-15(11-5-6-12(9-11)16(20)21)18-8-2-4-14(18)13-3-1-7-17-10-13/h1,3,7,10-12,14H,2,4-6,8-9H2,(H,20,21). The molecule has 0 spiro atoms. The highest BCUT2D eigenvalue weighted by Gasteiger charge is 2.39. The fourth-order valence-electron chi connectivity index (χ4n) is 3.61. The van der Waals surface area contributed by atoms with Gasteiger partial charge in [-0.1, -0.05) is 6.07 Å². The first-order valence-corrected chi connectivity index (χ1v) is 7.60. The van der Waals surface area contributed by atoms with Crippen LogP contribution in [0.15, 0.2) is 24.5 Å². The topological polar surface area (TPSA) is 70.5 Å². The molecule has 3 atom stereocenters. The minimum absolute atomic E-state index is 0.107. The molecule has 1 aliphatic carbocycles. The van der Waals surface area contributed by atoms with E-state index in [1.54, 1.807) is 6.20 Å². The Labute approximate surface area is 124 Å². The first-order chi connectivity index (χ1) is 10.2. The average Bonchev–Trinajstić information content (AvgIpc) is 3.17. The predicted molar refractivity (Wildman–Crippen MR) is 76.4 cm³/mol. The normalized spacial score (nSPS) is 28.8. The molecule has 1 aliphatic heterocycles. The molecule has 2 fully saturated rings. The zero-order valence-electron chi connectivity index (χ0n) is 11.9. The summed E-state index contributed by atoms with van der Waals surface area (Å²) >= 11 is 0. The number of hydrogen-bond donors (Lipinski definition) is 1. The first kappa shape index (κ1) is 14.0. The van der Waals surface area contributed by atoms with E-state index < -0.39 is 5.97 Å². The summed E-state index contributed by atoms with van der Waals surface area (Å²) in [4.78, 5) is 29.8. The van der Waals surface area contributed by atoms with E-state index in [1.165, 1.54) is 0 Å². The molecule has 3 unspecified atom stereocenters. The summed E-state index contributed by atoms with van der Waals surface area (Å²) in [6, 6.07) is 4.01. The van der Waals surface area contributed by atoms with Crippen molar-refractivity contribution in [2.24, 2.45) is 11.8 Å². The number of carboxylic acid groups (broad SMARTS) is 1. The first-order valence-electron chi connectivity index (χ1n) is 7.60. The van der Waals surface area contributed by atoms with Crippen molar-refractivity contribution >= 4 is 11.9 Å². The molecule has 2 heterocycles. The van der Waals surface area contributed by atoms with E-state index in [-0.39, 0.29) is 23.8 Å². The Morgan fingerprint density at radius 3 is 2.71 bits per heavy atom. The van der Waals surface area contributed by atoms with Crippen LogP contribution in [-0.2, 0) is 9.59 Å². The summed E-state index contributed by atoms with van der Waals surface area (Å²) in [5, 5.41) is 9.07. The second kappa shape index (κ2) is 5.84. The number of rotatable bonds is 3. The highest BCUT2D eigenvalue weighted by molar-refractivity contribution is 5.81. The van der Waals surface area contributed by atoms with Gasteiger partial charge in [0.05, 0.1) is 12.0 Å². The minimum atomic E-state index is -0.768. The van der Waals surface area contributed by atoms with Crippen molar-refractivity contribution in [1.29, 1.82) is 0 Å². The van der Waals surface area contributed by atoms with Gasteiger partial charge in [0.2, 0.25) is 5.91 Å². The quantitative estimate of drug-likeness (QED) is 0.926. The molecule has 1 aromatic rings. The molecule has 0 aromatic carbocycles. The number of pyridine rings is 1. The van der Waals surface area contributed by atoms with Crippen LogP contribution in [0.3, 0.4) is 0 Å². The highest BCUT2D eigenvalue weighted by atomic mass is 16.4. The summed E-state index contributed by atoms with van der Waals surface area (Å²) in [5.74, 6) is -1.11. The summed E-state index contributed by atoms with van der Waals surface area (Å²) in [7, 11) is 0. The summed E-state index contributed by atoms with van der Waals surface area (Å²) < 4.78 is 0. The fourth-order valence-corrected chi connectivity index (χ4v) is 3.61. The van der Waals surface area contributed by atoms with Crippen LogP contribution in [0.25, 0.3) is 0 Å². The third-order valence-corrected chi connectivity index (χ3v) is 4.74. The fraction of sp³-hybridized carbons (Fsp3) is 0.562. The Kier molecular flexibility index (Phi) is 3.90. The van der Waals surface area contributed by atoms with Crippen LogP contribution in [0.2, 0.25) is 0 Å². The third-order valence-electron chi connectivity index (χ3n) is 4.74. The molecule has 3 rings (SSSR count). The van der Waals surface area contributed by atoms with E-state index in [0.29, 0.717) is 19.3 Å². The van der Waals surface area contributed by atoms with Gasteiger partial charge in [-0.15, -0.1) is 0 Å². The molecule has 21 heavy (non-hydrogen) atoms. The number of nitrogens with zero attached hydrogens (tertiary/aromatic N) is 2. The van der Waals surface area contributed by atoms with Gasteiger partial charge in [0.1, 0.15) is 0 Å². The molecule has 1 aromatic heterocycles. The van der Waals surface area contributed by atoms with Crippen molar-refractivity contribution in [3.05, 3.63) is 30.1 Å². The van der Waals surface area contributed by atoms with E-state index in [4.69, 9.17) is 5.11 Å². The van der Waals surface area contributed by atoms with Gasteiger partial charge in [0.15, 0.2) is 0 Å². The molecule has 0 bridgehead atoms. The number of carbonyl (C=O) groups excluding carboxylic acids is 1. The van der Waals surface area contributed by atoms with Crippen LogP contribution in [0.1, 0.15) is 43.7 Å². The second-order valence-corrected chi connectivity index (χ2v) is 6.02. The van der Waals surface area contributed by atoms with Gasteiger partial charge in [-0.05, 0) is 43.7 Å². The van der Waals surface area contributed by atoms with Crippen molar-refractivity contribution in [3.8, 4) is 0 Å². The third kappa shape index (κ3) is 2.77. The number of carboxylic acids is 1. The molecule has 2 aliphatic rings. The average molecular weight is 288 g/mol. The Bertz CT molecular complexity index is 532. The van der Waals surface area contributed by atoms with Crippen LogP contribution in [-0.4, -0.2) is 33.4 Å². The molecule has 5 nitrogen and oxygen atoms in total. The van der Waals surface area contributed by atoms with E-state index in [1.807, 2.05) is 23.2 Å². The maximum atomic E-state index is 12.7. The Morgan fingerprint density at radius 2 is 2.05 bits per heavy atom. The number of carbonyl (C=O) groups is 2. The molecule has 1 amide bonds. The lowest BCUT2D eigenvalue weighted by Gasteiger charge is -2.27. The molecular weight excluding hydrogens is 268 g/mol. The van der Waals surface area contributed by atoms with Gasteiger partial charge < -0.3 is 10.0 Å². The van der Waals surface area contributed by atoms with Crippen molar-refractivity contribution in [2.45, 2.75) is 38.1 Å². The second-order valence-electron chi connectivity index (χ2n) is 6.02. The van der Waals surface area contributed by atoms with Crippen molar-refractivity contribution < 1.29 is 14.7 Å². The zero-order chi connectivity index (χ0) is 14.8. The number of hydrogen-bond acceptors (Lipinski definition) is 3. The molecule has 0 radical (unpaired) electrons. The lowest BCUT2D eigenvalue weighted by atomic mass is 10.0. The molecule has 1 N–H and O–H groups in total. The SMILES string of the molecule is O=C(O)C1CCC(C(=O)N2CCCC2c2cccnc2)C1. The number of amides is 1. The van der Waals surface area contributed by atoms with E-state index in [9.17, 15) is 9.59 Å². The van der Waals surface area contributed by atoms with Gasteiger partial charge in [-0.2, -0.15) is 0 Å². The monoisotopic (exact) mass is 288 g/mol. The van der Waals surface area contributed by atoms with Crippen LogP contribution < -0.4 is 0 Å². The minimum Gasteiger partial charge on any atom is -0.481 e. The summed E-state index contributed by atoms with van der Waals surface area (Å²) in [6.07, 6.45) is 7.34. The van der Waals surface area contributed by atoms with E-state index in [2.05, 4.69) is 4.98 Å². The number of aliphatic carboxylic acids is 1. The molecule has 1 saturated carbocycles. The zero-order valence-corrected chi connectivity index (χ0v) is 11.9. The van der Waals surface area contributed by atoms with Gasteiger partial charge in [-0.3, -0.25) is 14.6 Å². The Balaban J connectivity index is 1.71. The molecule has 112 valence electrons. The van der Waals surface area contributed by atoms with Gasteiger partial charge >= 0.3 is 5.97 Å². The van der Waals surface area contributed by atoms with Gasteiger partial charge in [-0.25, -0.2) is 0 Å². The van der Waals surface area contributed by atoms with Crippen LogP contribution in [0.4, 0.5) is 0 Å². The summed E-state index contributed by atoms with van der Waals surface area (Å²) in [5.41, 5.74) is 1.08. The largest absolute Gasteiger partial charge is 0.481 e. The Morgan fingerprint density at radius 1 is 1.24 bits per heavy atom. The van der Waals surface area contributed by atoms with Crippen LogP contribution in [0, 0.1) is 11.8 Å². The maximum Gasteiger partial charge on any atom is 0.306 e. The lowest BCUT2D eigenvalue weighted by molar-refractivity contribution is -0.141. The predicted octanol–water partition coefficient (Wildman–Crippen LogP) is 2.25. The van der Waals surface area contributed by atoms with Gasteiger partial charge in [0, 0.05) is 24.9 Å². The van der Waals surface area contributed by atoms with Crippen LogP contribution >= 0.6 is 0 Å². The lowest BCUT2D eigenvalue weighted by Crippen LogP contribution is -2.35. The molecule has 1 saturated heterocycles. The van der Waals surface area contributed by atoms with E-state index >= 15 is 0 Å². The highest BCUT2D eigenvalue weighted by Crippen LogP contribution is 2.37. The summed E-state index contributed by atoms with van der Waals surface area (Å²) in [6.45, 7) is 0.770. The smallest absolute Gasteiger partial charge is 0.306 e. The Hall–Kier alpha value is -1.91. The van der Waals surface area contributed by atoms with Crippen molar-refractivity contribution in [1.82, 2.24) is 9.88 Å². The van der Waals surface area contributed by atoms with E-state index in [0.717, 1.165) is 24.9 Å². The molecular formula is C16H20N2O3. The van der Waals surface area contributed by atoms with Gasteiger partial charge in [0.25, 0.3) is 0 Å². The van der Waals surface area contributed by atoms with Crippen molar-refractivity contribution in [3.63, 3.8) is 0 Å². The molecule has 5 heteroatoms. The number of aromatic nitrogens is 1. The maximum absolute atomic E-state index is 12.7. The van der Waals surface area contributed by atoms with Crippen LogP contribution in [0.5, 0.6) is 0 Å². The number of likely N-dealkylation sites (tertiary alicyclic amines) is 1.